The number of ether oxygens (including phenoxy) is 1. The van der Waals surface area contributed by atoms with E-state index in [0.29, 0.717) is 18.3 Å². The van der Waals surface area contributed by atoms with Crippen LogP contribution in [-0.4, -0.2) is 17.4 Å². The van der Waals surface area contributed by atoms with Crippen molar-refractivity contribution in [2.24, 2.45) is 17.3 Å². The van der Waals surface area contributed by atoms with Gasteiger partial charge in [-0.05, 0) is 31.6 Å². The van der Waals surface area contributed by atoms with Gasteiger partial charge in [-0.2, -0.15) is 0 Å². The molecule has 0 aromatic carbocycles. The summed E-state index contributed by atoms with van der Waals surface area (Å²) >= 11 is 0. The second-order valence-electron chi connectivity index (χ2n) is 4.88. The second kappa shape index (κ2) is 3.63. The fourth-order valence-electron chi connectivity index (χ4n) is 2.67. The van der Waals surface area contributed by atoms with E-state index in [-0.39, 0.29) is 5.97 Å². The number of aliphatic hydroxyl groups is 1. The van der Waals surface area contributed by atoms with Gasteiger partial charge in [0.15, 0.2) is 6.29 Å². The quantitative estimate of drug-likeness (QED) is 0.439. The number of hydrogen-bond acceptors (Lipinski definition) is 3. The summed E-state index contributed by atoms with van der Waals surface area (Å²) in [6, 6.07) is 0. The van der Waals surface area contributed by atoms with Crippen molar-refractivity contribution in [3.05, 3.63) is 12.2 Å². The number of allylic oxidation sites excluding steroid dienone is 2. The first-order chi connectivity index (χ1) is 7.06. The number of rotatable bonds is 3. The molecule has 4 unspecified atom stereocenters. The summed E-state index contributed by atoms with van der Waals surface area (Å²) in [7, 11) is 0. The van der Waals surface area contributed by atoms with E-state index in [0.717, 1.165) is 12.8 Å². The largest absolute Gasteiger partial charge is 0.436 e. The highest BCUT2D eigenvalue weighted by Gasteiger charge is 2.51. The van der Waals surface area contributed by atoms with Gasteiger partial charge >= 0.3 is 5.97 Å². The van der Waals surface area contributed by atoms with E-state index in [2.05, 4.69) is 12.2 Å². The van der Waals surface area contributed by atoms with Crippen LogP contribution in [0.5, 0.6) is 0 Å². The molecule has 84 valence electrons. The Morgan fingerprint density at radius 2 is 2.40 bits per heavy atom. The second-order valence-corrected chi connectivity index (χ2v) is 4.88. The van der Waals surface area contributed by atoms with E-state index in [1.54, 1.807) is 6.92 Å². The van der Waals surface area contributed by atoms with Crippen LogP contribution < -0.4 is 0 Å². The van der Waals surface area contributed by atoms with E-state index in [9.17, 15) is 9.90 Å². The molecule has 3 heteroatoms. The molecular formula is C12H18O3. The lowest BCUT2D eigenvalue weighted by molar-refractivity contribution is -0.181. The van der Waals surface area contributed by atoms with Crippen LogP contribution in [0.4, 0.5) is 0 Å². The molecule has 4 atom stereocenters. The summed E-state index contributed by atoms with van der Waals surface area (Å²) in [6.45, 7) is 3.74. The average molecular weight is 210 g/mol. The Morgan fingerprint density at radius 3 is 2.87 bits per heavy atom. The molecule has 0 spiro atoms. The van der Waals surface area contributed by atoms with E-state index in [4.69, 9.17) is 4.74 Å². The molecule has 1 saturated carbocycles. The minimum atomic E-state index is -0.947. The molecule has 15 heavy (non-hydrogen) atoms. The highest BCUT2D eigenvalue weighted by Crippen LogP contribution is 2.52. The SMILES string of the molecule is CCC(O)OC(=O)C1(C)CC2C=CC1C2. The Labute approximate surface area is 90.1 Å². The van der Waals surface area contributed by atoms with E-state index in [1.807, 2.05) is 6.92 Å². The fraction of sp³-hybridized carbons (Fsp3) is 0.750. The van der Waals surface area contributed by atoms with Crippen LogP contribution in [0.15, 0.2) is 12.2 Å². The third-order valence-electron chi connectivity index (χ3n) is 3.74. The van der Waals surface area contributed by atoms with Crippen LogP contribution in [-0.2, 0) is 9.53 Å². The smallest absolute Gasteiger partial charge is 0.314 e. The molecule has 0 aliphatic heterocycles. The Bertz CT molecular complexity index is 297. The van der Waals surface area contributed by atoms with Crippen molar-refractivity contribution >= 4 is 5.97 Å². The lowest BCUT2D eigenvalue weighted by Crippen LogP contribution is -2.36. The molecule has 1 N–H and O–H groups in total. The predicted molar refractivity (Wildman–Crippen MR) is 55.9 cm³/mol. The summed E-state index contributed by atoms with van der Waals surface area (Å²) in [5.74, 6) is 0.596. The van der Waals surface area contributed by atoms with Crippen LogP contribution in [0.2, 0.25) is 0 Å². The number of hydrogen-bond donors (Lipinski definition) is 1. The first-order valence-electron chi connectivity index (χ1n) is 5.63. The van der Waals surface area contributed by atoms with E-state index in [1.165, 1.54) is 0 Å². The normalized spacial score (nSPS) is 39.4. The van der Waals surface area contributed by atoms with Gasteiger partial charge in [-0.25, -0.2) is 0 Å². The van der Waals surface area contributed by atoms with Crippen LogP contribution >= 0.6 is 0 Å². The third-order valence-corrected chi connectivity index (χ3v) is 3.74. The highest BCUT2D eigenvalue weighted by molar-refractivity contribution is 5.78. The molecule has 0 aromatic rings. The van der Waals surface area contributed by atoms with Gasteiger partial charge in [0.25, 0.3) is 0 Å². The van der Waals surface area contributed by atoms with E-state index >= 15 is 0 Å². The summed E-state index contributed by atoms with van der Waals surface area (Å²) in [6.07, 6.45) is 5.74. The van der Waals surface area contributed by atoms with Gasteiger partial charge in [0.1, 0.15) is 0 Å². The van der Waals surface area contributed by atoms with Crippen molar-refractivity contribution < 1.29 is 14.6 Å². The Balaban J connectivity index is 2.04. The zero-order chi connectivity index (χ0) is 11.1. The maximum absolute atomic E-state index is 11.9. The summed E-state index contributed by atoms with van der Waals surface area (Å²) in [5, 5.41) is 9.31. The number of aliphatic hydroxyl groups excluding tert-OH is 1. The average Bonchev–Trinajstić information content (AvgIpc) is 2.77. The predicted octanol–water partition coefficient (Wildman–Crippen LogP) is 1.86. The maximum Gasteiger partial charge on any atom is 0.314 e. The third kappa shape index (κ3) is 1.69. The molecular weight excluding hydrogens is 192 g/mol. The number of esters is 1. The molecule has 3 nitrogen and oxygen atoms in total. The van der Waals surface area contributed by atoms with Crippen LogP contribution in [0.25, 0.3) is 0 Å². The van der Waals surface area contributed by atoms with Crippen LogP contribution in [0.3, 0.4) is 0 Å². The van der Waals surface area contributed by atoms with Gasteiger partial charge in [0, 0.05) is 6.42 Å². The van der Waals surface area contributed by atoms with Gasteiger partial charge in [-0.15, -0.1) is 0 Å². The zero-order valence-corrected chi connectivity index (χ0v) is 9.27. The molecule has 0 heterocycles. The highest BCUT2D eigenvalue weighted by atomic mass is 16.6. The van der Waals surface area contributed by atoms with Crippen molar-refractivity contribution in [2.75, 3.05) is 0 Å². The van der Waals surface area contributed by atoms with Gasteiger partial charge in [-0.1, -0.05) is 19.1 Å². The summed E-state index contributed by atoms with van der Waals surface area (Å²) in [4.78, 5) is 11.9. The number of carbonyl (C=O) groups is 1. The Morgan fingerprint density at radius 1 is 1.67 bits per heavy atom. The Hall–Kier alpha value is -0.830. The molecule has 1 fully saturated rings. The first-order valence-corrected chi connectivity index (χ1v) is 5.63. The van der Waals surface area contributed by atoms with Crippen molar-refractivity contribution in [3.8, 4) is 0 Å². The fourth-order valence-corrected chi connectivity index (χ4v) is 2.67. The van der Waals surface area contributed by atoms with Crippen molar-refractivity contribution in [3.63, 3.8) is 0 Å². The molecule has 0 aromatic heterocycles. The minimum absolute atomic E-state index is 0.242. The lowest BCUT2D eigenvalue weighted by atomic mass is 9.78. The van der Waals surface area contributed by atoms with E-state index < -0.39 is 11.7 Å². The zero-order valence-electron chi connectivity index (χ0n) is 9.27. The van der Waals surface area contributed by atoms with Gasteiger partial charge in [-0.3, -0.25) is 4.79 Å². The molecule has 2 aliphatic carbocycles. The molecule has 0 amide bonds. The van der Waals surface area contributed by atoms with Crippen molar-refractivity contribution in [2.45, 2.75) is 39.4 Å². The lowest BCUT2D eigenvalue weighted by Gasteiger charge is -2.29. The number of carbonyl (C=O) groups excluding carboxylic acids is 1. The van der Waals surface area contributed by atoms with Crippen LogP contribution in [0.1, 0.15) is 33.1 Å². The minimum Gasteiger partial charge on any atom is -0.436 e. The molecule has 0 radical (unpaired) electrons. The standard InChI is InChI=1S/C12H18O3/c1-3-10(13)15-11(14)12(2)7-8-4-5-9(12)6-8/h4-5,8-10,13H,3,6-7H2,1-2H3. The topological polar surface area (TPSA) is 46.5 Å². The maximum atomic E-state index is 11.9. The molecule has 0 saturated heterocycles. The molecule has 2 aliphatic rings. The number of fused-ring (bicyclic) bond motifs is 2. The first kappa shape index (κ1) is 10.7. The Kier molecular flexibility index (Phi) is 2.59. The monoisotopic (exact) mass is 210 g/mol. The molecule has 2 bridgehead atoms. The van der Waals surface area contributed by atoms with Gasteiger partial charge < -0.3 is 9.84 Å². The summed E-state index contributed by atoms with van der Waals surface area (Å²) < 4.78 is 5.02. The van der Waals surface area contributed by atoms with Crippen molar-refractivity contribution in [1.29, 1.82) is 0 Å². The van der Waals surface area contributed by atoms with Crippen LogP contribution in [0, 0.1) is 17.3 Å². The molecule has 2 rings (SSSR count). The summed E-state index contributed by atoms with van der Waals surface area (Å²) in [5.41, 5.74) is -0.407. The van der Waals surface area contributed by atoms with Crippen molar-refractivity contribution in [1.82, 2.24) is 0 Å². The van der Waals surface area contributed by atoms with Gasteiger partial charge in [0.2, 0.25) is 0 Å². The van der Waals surface area contributed by atoms with Gasteiger partial charge in [0.05, 0.1) is 5.41 Å².